The lowest BCUT2D eigenvalue weighted by Crippen LogP contribution is -2.42. The van der Waals surface area contributed by atoms with Crippen molar-refractivity contribution in [2.24, 2.45) is 0 Å². The molecule has 20 heavy (non-hydrogen) atoms. The van der Waals surface area contributed by atoms with E-state index in [1.54, 1.807) is 16.4 Å². The van der Waals surface area contributed by atoms with Gasteiger partial charge in [0.15, 0.2) is 0 Å². The van der Waals surface area contributed by atoms with Crippen LogP contribution < -0.4 is 5.32 Å². The van der Waals surface area contributed by atoms with E-state index in [1.807, 2.05) is 27.7 Å². The van der Waals surface area contributed by atoms with E-state index in [2.05, 4.69) is 5.32 Å². The first kappa shape index (κ1) is 15.5. The zero-order chi connectivity index (χ0) is 15.0. The van der Waals surface area contributed by atoms with Gasteiger partial charge < -0.3 is 9.73 Å². The highest BCUT2D eigenvalue weighted by molar-refractivity contribution is 7.89. The highest BCUT2D eigenvalue weighted by Crippen LogP contribution is 2.34. The summed E-state index contributed by atoms with van der Waals surface area (Å²) in [6.07, 6.45) is 1.78. The summed E-state index contributed by atoms with van der Waals surface area (Å²) in [6.45, 7) is 9.09. The molecule has 0 amide bonds. The Kier molecular flexibility index (Phi) is 4.27. The van der Waals surface area contributed by atoms with Crippen LogP contribution in [0.15, 0.2) is 21.6 Å². The van der Waals surface area contributed by atoms with Gasteiger partial charge in [-0.1, -0.05) is 13.8 Å². The molecule has 1 saturated heterocycles. The number of hydrogen-bond donors (Lipinski definition) is 1. The summed E-state index contributed by atoms with van der Waals surface area (Å²) >= 11 is 0. The maximum absolute atomic E-state index is 12.6. The summed E-state index contributed by atoms with van der Waals surface area (Å²) < 4.78 is 32.3. The molecule has 1 aromatic rings. The molecule has 114 valence electrons. The molecule has 5 nitrogen and oxygen atoms in total. The quantitative estimate of drug-likeness (QED) is 0.906. The highest BCUT2D eigenvalue weighted by Gasteiger charge is 2.42. The van der Waals surface area contributed by atoms with E-state index in [9.17, 15) is 8.42 Å². The fourth-order valence-electron chi connectivity index (χ4n) is 2.53. The molecule has 1 aromatic heterocycles. The first-order valence-corrected chi connectivity index (χ1v) is 8.52. The molecule has 2 heterocycles. The summed E-state index contributed by atoms with van der Waals surface area (Å²) in [6, 6.07) is 3.62. The number of rotatable bonds is 5. The van der Waals surface area contributed by atoms with Crippen LogP contribution in [0.1, 0.15) is 46.3 Å². The largest absolute Gasteiger partial charge is 0.447 e. The van der Waals surface area contributed by atoms with Gasteiger partial charge in [-0.2, -0.15) is 4.31 Å². The second-order valence-electron chi connectivity index (χ2n) is 6.25. The lowest BCUT2D eigenvalue weighted by atomic mass is 10.0. The SMILES string of the molecule is CC(C)NCc1ccc(S(=O)(=O)N2CCCC2(C)C)o1. The number of hydrogen-bond acceptors (Lipinski definition) is 4. The summed E-state index contributed by atoms with van der Waals surface area (Å²) in [4.78, 5) is 0. The third-order valence-electron chi connectivity index (χ3n) is 3.69. The first-order valence-electron chi connectivity index (χ1n) is 7.08. The minimum absolute atomic E-state index is 0.0491. The molecule has 0 bridgehead atoms. The van der Waals surface area contributed by atoms with Gasteiger partial charge in [0.1, 0.15) is 5.76 Å². The monoisotopic (exact) mass is 300 g/mol. The van der Waals surface area contributed by atoms with Gasteiger partial charge in [0.25, 0.3) is 10.0 Å². The van der Waals surface area contributed by atoms with Crippen LogP contribution in [-0.2, 0) is 16.6 Å². The average Bonchev–Trinajstić information content (AvgIpc) is 2.92. The van der Waals surface area contributed by atoms with Crippen molar-refractivity contribution in [3.63, 3.8) is 0 Å². The molecule has 0 unspecified atom stereocenters. The van der Waals surface area contributed by atoms with E-state index in [0.29, 0.717) is 24.9 Å². The van der Waals surface area contributed by atoms with E-state index in [1.165, 1.54) is 0 Å². The Labute approximate surface area is 121 Å². The van der Waals surface area contributed by atoms with E-state index >= 15 is 0 Å². The minimum atomic E-state index is -3.53. The zero-order valence-electron chi connectivity index (χ0n) is 12.6. The molecule has 1 aliphatic heterocycles. The van der Waals surface area contributed by atoms with Crippen LogP contribution in [0.3, 0.4) is 0 Å². The topological polar surface area (TPSA) is 62.6 Å². The second kappa shape index (κ2) is 5.50. The Bertz CT molecular complexity index is 561. The summed E-state index contributed by atoms with van der Waals surface area (Å²) in [5.41, 5.74) is -0.331. The van der Waals surface area contributed by atoms with Gasteiger partial charge in [-0.25, -0.2) is 8.42 Å². The molecule has 0 saturated carbocycles. The van der Waals surface area contributed by atoms with Crippen molar-refractivity contribution in [1.29, 1.82) is 0 Å². The van der Waals surface area contributed by atoms with Gasteiger partial charge >= 0.3 is 0 Å². The van der Waals surface area contributed by atoms with Crippen LogP contribution in [0.4, 0.5) is 0 Å². The Morgan fingerprint density at radius 1 is 1.40 bits per heavy atom. The van der Waals surface area contributed by atoms with Crippen LogP contribution in [0.25, 0.3) is 0 Å². The summed E-state index contributed by atoms with van der Waals surface area (Å²) in [7, 11) is -3.53. The van der Waals surface area contributed by atoms with Gasteiger partial charge in [-0.3, -0.25) is 0 Å². The molecule has 0 spiro atoms. The van der Waals surface area contributed by atoms with E-state index in [-0.39, 0.29) is 10.6 Å². The van der Waals surface area contributed by atoms with Gasteiger partial charge in [0.2, 0.25) is 5.09 Å². The molecule has 0 aromatic carbocycles. The van der Waals surface area contributed by atoms with Crippen molar-refractivity contribution in [2.75, 3.05) is 6.54 Å². The maximum Gasteiger partial charge on any atom is 0.276 e. The molecular weight excluding hydrogens is 276 g/mol. The molecule has 1 aliphatic rings. The zero-order valence-corrected chi connectivity index (χ0v) is 13.5. The Balaban J connectivity index is 2.18. The molecule has 0 aliphatic carbocycles. The van der Waals surface area contributed by atoms with Crippen molar-refractivity contribution < 1.29 is 12.8 Å². The van der Waals surface area contributed by atoms with E-state index in [4.69, 9.17) is 4.42 Å². The van der Waals surface area contributed by atoms with Gasteiger partial charge in [0, 0.05) is 18.1 Å². The first-order chi connectivity index (χ1) is 9.23. The molecule has 1 N–H and O–H groups in total. The number of nitrogens with one attached hydrogen (secondary N) is 1. The van der Waals surface area contributed by atoms with Gasteiger partial charge in [0.05, 0.1) is 6.54 Å². The second-order valence-corrected chi connectivity index (χ2v) is 8.04. The molecule has 6 heteroatoms. The predicted molar refractivity (Wildman–Crippen MR) is 77.9 cm³/mol. The van der Waals surface area contributed by atoms with Gasteiger partial charge in [-0.05, 0) is 38.8 Å². The Hall–Kier alpha value is -0.850. The Morgan fingerprint density at radius 3 is 2.65 bits per heavy atom. The fourth-order valence-corrected chi connectivity index (χ4v) is 4.31. The molecule has 0 radical (unpaired) electrons. The van der Waals surface area contributed by atoms with E-state index in [0.717, 1.165) is 12.8 Å². The summed E-state index contributed by atoms with van der Waals surface area (Å²) in [5.74, 6) is 0.647. The molecule has 2 rings (SSSR count). The van der Waals surface area contributed by atoms with Crippen molar-refractivity contribution in [2.45, 2.75) is 63.8 Å². The van der Waals surface area contributed by atoms with Crippen molar-refractivity contribution in [1.82, 2.24) is 9.62 Å². The lowest BCUT2D eigenvalue weighted by Gasteiger charge is -2.29. The van der Waals surface area contributed by atoms with Crippen LogP contribution >= 0.6 is 0 Å². The highest BCUT2D eigenvalue weighted by atomic mass is 32.2. The molecule has 1 fully saturated rings. The van der Waals surface area contributed by atoms with Gasteiger partial charge in [-0.15, -0.1) is 0 Å². The third kappa shape index (κ3) is 3.07. The normalized spacial score (nSPS) is 19.9. The van der Waals surface area contributed by atoms with Crippen molar-refractivity contribution >= 4 is 10.0 Å². The van der Waals surface area contributed by atoms with Crippen LogP contribution in [0.5, 0.6) is 0 Å². The molecule has 0 atom stereocenters. The van der Waals surface area contributed by atoms with E-state index < -0.39 is 10.0 Å². The van der Waals surface area contributed by atoms with Crippen molar-refractivity contribution in [3.05, 3.63) is 17.9 Å². The number of nitrogens with zero attached hydrogens (tertiary/aromatic N) is 1. The predicted octanol–water partition coefficient (Wildman–Crippen LogP) is 2.34. The smallest absolute Gasteiger partial charge is 0.276 e. The van der Waals surface area contributed by atoms with Crippen molar-refractivity contribution in [3.8, 4) is 0 Å². The minimum Gasteiger partial charge on any atom is -0.447 e. The maximum atomic E-state index is 12.6. The van der Waals surface area contributed by atoms with Crippen LogP contribution in [0, 0.1) is 0 Å². The van der Waals surface area contributed by atoms with Crippen LogP contribution in [0.2, 0.25) is 0 Å². The average molecular weight is 300 g/mol. The third-order valence-corrected chi connectivity index (χ3v) is 5.68. The fraction of sp³-hybridized carbons (Fsp3) is 0.714. The van der Waals surface area contributed by atoms with Crippen LogP contribution in [-0.4, -0.2) is 30.8 Å². The number of sulfonamides is 1. The Morgan fingerprint density at radius 2 is 2.10 bits per heavy atom. The lowest BCUT2D eigenvalue weighted by molar-refractivity contribution is 0.280. The standard InChI is InChI=1S/C14H24N2O3S/c1-11(2)15-10-12-6-7-13(19-12)20(17,18)16-9-5-8-14(16,3)4/h6-7,11,15H,5,8-10H2,1-4H3. The summed E-state index contributed by atoms with van der Waals surface area (Å²) in [5, 5.41) is 3.26. The number of furan rings is 1. The molecular formula is C14H24N2O3S.